The van der Waals surface area contributed by atoms with E-state index >= 15 is 0 Å². The van der Waals surface area contributed by atoms with Crippen LogP contribution in [0.5, 0.6) is 0 Å². The number of amides is 1. The van der Waals surface area contributed by atoms with Gasteiger partial charge in [0.25, 0.3) is 0 Å². The number of hydrogen-bond donors (Lipinski definition) is 1. The van der Waals surface area contributed by atoms with Crippen LogP contribution in [0.25, 0.3) is 0 Å². The molecule has 1 saturated carbocycles. The Balaban J connectivity index is 2.04. The summed E-state index contributed by atoms with van der Waals surface area (Å²) in [6, 6.07) is 2.32. The third-order valence-corrected chi connectivity index (χ3v) is 5.51. The Hall–Kier alpha value is -1.61. The molecule has 1 aliphatic rings. The zero-order valence-corrected chi connectivity index (χ0v) is 15.1. The molecule has 1 amide bonds. The van der Waals surface area contributed by atoms with E-state index in [4.69, 9.17) is 0 Å². The van der Waals surface area contributed by atoms with Gasteiger partial charge < -0.3 is 5.32 Å². The Kier molecular flexibility index (Phi) is 5.64. The van der Waals surface area contributed by atoms with E-state index in [2.05, 4.69) is 21.4 Å². The van der Waals surface area contributed by atoms with E-state index in [0.717, 1.165) is 49.1 Å². The van der Waals surface area contributed by atoms with Crippen molar-refractivity contribution in [2.45, 2.75) is 75.7 Å². The predicted octanol–water partition coefficient (Wildman–Crippen LogP) is 3.23. The topological polar surface area (TPSA) is 78.7 Å². The van der Waals surface area contributed by atoms with Crippen molar-refractivity contribution in [1.82, 2.24) is 15.3 Å². The van der Waals surface area contributed by atoms with Crippen LogP contribution in [0.1, 0.15) is 56.0 Å². The fourth-order valence-electron chi connectivity index (χ4n) is 2.76. The number of rotatable bonds is 4. The summed E-state index contributed by atoms with van der Waals surface area (Å²) in [5.41, 5.74) is 2.27. The number of thioether (sulfide) groups is 1. The summed E-state index contributed by atoms with van der Waals surface area (Å²) in [7, 11) is 0. The minimum atomic E-state index is -0.690. The van der Waals surface area contributed by atoms with Gasteiger partial charge in [-0.2, -0.15) is 5.26 Å². The van der Waals surface area contributed by atoms with Gasteiger partial charge in [-0.3, -0.25) is 4.79 Å². The van der Waals surface area contributed by atoms with Crippen LogP contribution in [0.3, 0.4) is 0 Å². The van der Waals surface area contributed by atoms with E-state index in [-0.39, 0.29) is 11.2 Å². The molecule has 0 unspecified atom stereocenters. The molecular formula is C17H24N4OS. The van der Waals surface area contributed by atoms with Crippen molar-refractivity contribution in [3.8, 4) is 6.07 Å². The Morgan fingerprint density at radius 3 is 2.30 bits per heavy atom. The molecule has 2 rings (SSSR count). The molecule has 0 aromatic carbocycles. The third-order valence-electron chi connectivity index (χ3n) is 4.55. The number of carbonyl (C=O) groups is 1. The summed E-state index contributed by atoms with van der Waals surface area (Å²) in [6.45, 7) is 7.73. The molecule has 0 radical (unpaired) electrons. The Morgan fingerprint density at radius 1 is 1.22 bits per heavy atom. The molecule has 23 heavy (non-hydrogen) atoms. The Morgan fingerprint density at radius 2 is 1.78 bits per heavy atom. The highest BCUT2D eigenvalue weighted by molar-refractivity contribution is 8.00. The molecule has 1 aliphatic carbocycles. The quantitative estimate of drug-likeness (QED) is 0.676. The molecule has 6 heteroatoms. The maximum absolute atomic E-state index is 12.5. The van der Waals surface area contributed by atoms with Gasteiger partial charge in [0.1, 0.15) is 5.54 Å². The molecular weight excluding hydrogens is 308 g/mol. The van der Waals surface area contributed by atoms with Gasteiger partial charge in [0.05, 0.1) is 11.3 Å². The Bertz CT molecular complexity index is 609. The van der Waals surface area contributed by atoms with Crippen molar-refractivity contribution in [2.75, 3.05) is 0 Å². The summed E-state index contributed by atoms with van der Waals surface area (Å²) in [5.74, 6) is -0.113. The van der Waals surface area contributed by atoms with Crippen molar-refractivity contribution in [3.63, 3.8) is 0 Å². The van der Waals surface area contributed by atoms with Gasteiger partial charge in [0.15, 0.2) is 5.16 Å². The number of nitrogens with zero attached hydrogens (tertiary/aromatic N) is 3. The SMILES string of the molecule is Cc1nc(S[C@H](C)C(=O)NC2(C#N)CCCCC2)nc(C)c1C. The molecule has 0 aliphatic heterocycles. The standard InChI is InChI=1S/C17H24N4OS/c1-11-12(2)19-16(20-13(11)3)23-14(4)15(22)21-17(10-18)8-6-5-7-9-17/h14H,5-9H2,1-4H3,(H,21,22)/t14-/m1/s1. The summed E-state index contributed by atoms with van der Waals surface area (Å²) in [6.07, 6.45) is 4.61. The summed E-state index contributed by atoms with van der Waals surface area (Å²) >= 11 is 1.34. The third kappa shape index (κ3) is 4.23. The second-order valence-electron chi connectivity index (χ2n) is 6.31. The predicted molar refractivity (Wildman–Crippen MR) is 91.1 cm³/mol. The largest absolute Gasteiger partial charge is 0.337 e. The van der Waals surface area contributed by atoms with E-state index in [0.29, 0.717) is 5.16 Å². The number of nitrogens with one attached hydrogen (secondary N) is 1. The van der Waals surface area contributed by atoms with Gasteiger partial charge >= 0.3 is 0 Å². The number of aromatic nitrogens is 2. The monoisotopic (exact) mass is 332 g/mol. The van der Waals surface area contributed by atoms with Crippen LogP contribution in [0.15, 0.2) is 5.16 Å². The first-order chi connectivity index (χ1) is 10.9. The number of aryl methyl sites for hydroxylation is 2. The van der Waals surface area contributed by atoms with E-state index in [1.807, 2.05) is 27.7 Å². The van der Waals surface area contributed by atoms with Crippen molar-refractivity contribution >= 4 is 17.7 Å². The molecule has 5 nitrogen and oxygen atoms in total. The minimum Gasteiger partial charge on any atom is -0.337 e. The second-order valence-corrected chi connectivity index (χ2v) is 7.61. The van der Waals surface area contributed by atoms with Crippen LogP contribution in [-0.4, -0.2) is 26.7 Å². The van der Waals surface area contributed by atoms with Gasteiger partial charge in [0.2, 0.25) is 5.91 Å². The molecule has 1 N–H and O–H groups in total. The lowest BCUT2D eigenvalue weighted by Crippen LogP contribution is -2.50. The summed E-state index contributed by atoms with van der Waals surface area (Å²) < 4.78 is 0. The van der Waals surface area contributed by atoms with Crippen LogP contribution < -0.4 is 5.32 Å². The molecule has 0 saturated heterocycles. The van der Waals surface area contributed by atoms with Gasteiger partial charge in [-0.15, -0.1) is 0 Å². The van der Waals surface area contributed by atoms with Gasteiger partial charge in [-0.1, -0.05) is 31.0 Å². The van der Waals surface area contributed by atoms with Gasteiger partial charge in [0, 0.05) is 11.4 Å². The zero-order valence-electron chi connectivity index (χ0n) is 14.3. The number of hydrogen-bond acceptors (Lipinski definition) is 5. The first-order valence-corrected chi connectivity index (χ1v) is 8.96. The van der Waals surface area contributed by atoms with Crippen molar-refractivity contribution in [3.05, 3.63) is 17.0 Å². The van der Waals surface area contributed by atoms with Crippen molar-refractivity contribution in [1.29, 1.82) is 5.26 Å². The van der Waals surface area contributed by atoms with E-state index in [1.165, 1.54) is 11.8 Å². The lowest BCUT2D eigenvalue weighted by Gasteiger charge is -2.32. The molecule has 0 bridgehead atoms. The highest BCUT2D eigenvalue weighted by atomic mass is 32.2. The smallest absolute Gasteiger partial charge is 0.234 e. The lowest BCUT2D eigenvalue weighted by molar-refractivity contribution is -0.121. The lowest BCUT2D eigenvalue weighted by atomic mass is 9.83. The molecule has 124 valence electrons. The number of nitriles is 1. The van der Waals surface area contributed by atoms with Gasteiger partial charge in [-0.05, 0) is 46.1 Å². The normalized spacial score (nSPS) is 18.0. The maximum atomic E-state index is 12.5. The summed E-state index contributed by atoms with van der Waals surface area (Å²) in [5, 5.41) is 12.7. The van der Waals surface area contributed by atoms with Crippen LogP contribution in [0.2, 0.25) is 0 Å². The molecule has 1 aromatic heterocycles. The average molecular weight is 332 g/mol. The van der Waals surface area contributed by atoms with Crippen molar-refractivity contribution in [2.24, 2.45) is 0 Å². The van der Waals surface area contributed by atoms with Crippen LogP contribution in [0, 0.1) is 32.1 Å². The highest BCUT2D eigenvalue weighted by Crippen LogP contribution is 2.29. The van der Waals surface area contributed by atoms with Crippen molar-refractivity contribution < 1.29 is 4.79 Å². The zero-order chi connectivity index (χ0) is 17.0. The van der Waals surface area contributed by atoms with Gasteiger partial charge in [-0.25, -0.2) is 9.97 Å². The van der Waals surface area contributed by atoms with E-state index in [9.17, 15) is 10.1 Å². The van der Waals surface area contributed by atoms with Crippen LogP contribution in [-0.2, 0) is 4.79 Å². The first-order valence-electron chi connectivity index (χ1n) is 8.09. The highest BCUT2D eigenvalue weighted by Gasteiger charge is 2.35. The van der Waals surface area contributed by atoms with E-state index in [1.54, 1.807) is 0 Å². The first kappa shape index (κ1) is 17.7. The fourth-order valence-corrected chi connectivity index (χ4v) is 3.62. The summed E-state index contributed by atoms with van der Waals surface area (Å²) in [4.78, 5) is 21.4. The molecule has 0 spiro atoms. The second kappa shape index (κ2) is 7.31. The molecule has 1 atom stereocenters. The van der Waals surface area contributed by atoms with E-state index < -0.39 is 5.54 Å². The fraction of sp³-hybridized carbons (Fsp3) is 0.647. The molecule has 1 aromatic rings. The average Bonchev–Trinajstić information content (AvgIpc) is 2.53. The number of carbonyl (C=O) groups excluding carboxylic acids is 1. The minimum absolute atomic E-state index is 0.113. The maximum Gasteiger partial charge on any atom is 0.234 e. The van der Waals surface area contributed by atoms with Crippen LogP contribution in [0.4, 0.5) is 0 Å². The van der Waals surface area contributed by atoms with Crippen LogP contribution >= 0.6 is 11.8 Å². The molecule has 1 fully saturated rings. The Labute approximate surface area is 142 Å². The molecule has 1 heterocycles.